The van der Waals surface area contributed by atoms with Gasteiger partial charge >= 0.3 is 0 Å². The molecule has 0 saturated carbocycles. The first kappa shape index (κ1) is 49.2. The Bertz CT molecular complexity index is 4.85. The molecule has 0 amide bonds. The molecular formula is H9Al3Ni2. The summed E-state index contributed by atoms with van der Waals surface area (Å²) in [5.41, 5.74) is 0. The van der Waals surface area contributed by atoms with Crippen molar-refractivity contribution in [2.24, 2.45) is 0 Å². The zero-order chi connectivity index (χ0) is 0. The van der Waals surface area contributed by atoms with Gasteiger partial charge in [0.15, 0.2) is 52.1 Å². The van der Waals surface area contributed by atoms with E-state index in [1.54, 1.807) is 0 Å². The zero-order valence-corrected chi connectivity index (χ0v) is 2.61. The van der Waals surface area contributed by atoms with Gasteiger partial charge in [-0.1, -0.05) is 0 Å². The Labute approximate surface area is 84.1 Å². The first-order valence-corrected chi connectivity index (χ1v) is 0. The summed E-state index contributed by atoms with van der Waals surface area (Å²) in [6, 6.07) is 0. The maximum Gasteiger partial charge on any atom is 0.187 e. The van der Waals surface area contributed by atoms with E-state index in [0.29, 0.717) is 0 Å². The second kappa shape index (κ2) is 30.7. The molecule has 38 valence electrons. The van der Waals surface area contributed by atoms with Crippen molar-refractivity contribution in [1.82, 2.24) is 0 Å². The molecule has 0 aromatic heterocycles. The van der Waals surface area contributed by atoms with E-state index in [1.165, 1.54) is 0 Å². The van der Waals surface area contributed by atoms with Crippen LogP contribution in [0.2, 0.25) is 0 Å². The number of rotatable bonds is 0. The van der Waals surface area contributed by atoms with E-state index in [9.17, 15) is 0 Å². The fraction of sp³-hybridized carbons (Fsp3) is 0. The molecule has 0 radical (unpaired) electrons. The molecule has 0 bridgehead atoms. The summed E-state index contributed by atoms with van der Waals surface area (Å²) < 4.78 is 0. The molecule has 0 nitrogen and oxygen atoms in total. The molecule has 0 N–H and O–H groups in total. The van der Waals surface area contributed by atoms with Crippen molar-refractivity contribution in [1.29, 1.82) is 0 Å². The Hall–Kier alpha value is 2.58. The first-order chi connectivity index (χ1) is 0. The zero-order valence-electron chi connectivity index (χ0n) is 0.632. The van der Waals surface area contributed by atoms with Crippen molar-refractivity contribution < 1.29 is 33.0 Å². The normalized spacial score (nSPS) is 0. The maximum atomic E-state index is 0. The van der Waals surface area contributed by atoms with Gasteiger partial charge in [0.25, 0.3) is 0 Å². The van der Waals surface area contributed by atoms with Gasteiger partial charge in [-0.15, -0.1) is 0 Å². The second-order valence-corrected chi connectivity index (χ2v) is 0. The molecule has 0 heterocycles. The summed E-state index contributed by atoms with van der Waals surface area (Å²) in [7, 11) is 0. The molecule has 0 spiro atoms. The minimum atomic E-state index is 0. The van der Waals surface area contributed by atoms with Crippen molar-refractivity contribution in [3.05, 3.63) is 0 Å². The van der Waals surface area contributed by atoms with Gasteiger partial charge in [-0.05, 0) is 0 Å². The monoisotopic (exact) mass is 206 g/mol. The van der Waals surface area contributed by atoms with Crippen LogP contribution in [0.4, 0.5) is 0 Å². The minimum absolute atomic E-state index is 0. The molecule has 0 aromatic carbocycles. The molecule has 0 rings (SSSR count). The van der Waals surface area contributed by atoms with E-state index < -0.39 is 0 Å². The van der Waals surface area contributed by atoms with Gasteiger partial charge < -0.3 is 0 Å². The summed E-state index contributed by atoms with van der Waals surface area (Å²) in [5.74, 6) is 0. The predicted octanol–water partition coefficient (Wildman–Crippen LogP) is -3.56. The molecular weight excluding hydrogens is 198 g/mol. The van der Waals surface area contributed by atoms with E-state index in [0.717, 1.165) is 0 Å². The molecule has 0 fully saturated rings. The third kappa shape index (κ3) is 20.7. The van der Waals surface area contributed by atoms with Gasteiger partial charge in [0.2, 0.25) is 0 Å². The Morgan fingerprint density at radius 2 is 0.400 bits per heavy atom. The van der Waals surface area contributed by atoms with E-state index in [4.69, 9.17) is 0 Å². The Balaban J connectivity index is 0. The van der Waals surface area contributed by atoms with Gasteiger partial charge in [0, 0.05) is 33.0 Å². The predicted molar refractivity (Wildman–Crippen MR) is 29.8 cm³/mol. The van der Waals surface area contributed by atoms with Gasteiger partial charge in [-0.25, -0.2) is 0 Å². The second-order valence-electron chi connectivity index (χ2n) is 0. The molecule has 0 aromatic rings. The molecule has 0 aliphatic rings. The first-order valence-electron chi connectivity index (χ1n) is 0. The van der Waals surface area contributed by atoms with Crippen LogP contribution in [-0.2, 0) is 33.0 Å². The Morgan fingerprint density at radius 1 is 0.400 bits per heavy atom. The van der Waals surface area contributed by atoms with E-state index in [1.807, 2.05) is 0 Å². The van der Waals surface area contributed by atoms with E-state index in [-0.39, 0.29) is 85.1 Å². The van der Waals surface area contributed by atoms with Gasteiger partial charge in [0.05, 0.1) is 0 Å². The SMILES string of the molecule is [AlH3].[AlH3].[AlH3].[Ni].[Ni]. The maximum absolute atomic E-state index is 0. The molecule has 5 heteroatoms. The van der Waals surface area contributed by atoms with Crippen LogP contribution in [0.1, 0.15) is 0 Å². The largest absolute Gasteiger partial charge is 0.187 e. The van der Waals surface area contributed by atoms with Crippen LogP contribution in [0.25, 0.3) is 0 Å². The summed E-state index contributed by atoms with van der Waals surface area (Å²) in [6.45, 7) is 0. The fourth-order valence-electron chi connectivity index (χ4n) is 0. The molecule has 0 saturated heterocycles. The topological polar surface area (TPSA) is 0 Å². The van der Waals surface area contributed by atoms with Crippen molar-refractivity contribution >= 4 is 52.1 Å². The standard InChI is InChI=1S/3Al.2Ni.9H. The molecule has 0 aliphatic heterocycles. The van der Waals surface area contributed by atoms with Crippen LogP contribution in [0.15, 0.2) is 0 Å². The molecule has 0 aliphatic carbocycles. The third-order valence-corrected chi connectivity index (χ3v) is 0. The average Bonchev–Trinajstić information content (AvgIpc) is 0. The Morgan fingerprint density at radius 3 is 0.400 bits per heavy atom. The molecule has 0 unspecified atom stereocenters. The van der Waals surface area contributed by atoms with Gasteiger partial charge in [0.1, 0.15) is 0 Å². The molecule has 0 atom stereocenters. The van der Waals surface area contributed by atoms with Crippen LogP contribution in [0.3, 0.4) is 0 Å². The summed E-state index contributed by atoms with van der Waals surface area (Å²) in [4.78, 5) is 0. The smallest absolute Gasteiger partial charge is 0 e. The minimum Gasteiger partial charge on any atom is 0 e. The summed E-state index contributed by atoms with van der Waals surface area (Å²) >= 11 is 0. The van der Waals surface area contributed by atoms with Crippen LogP contribution in [-0.4, -0.2) is 52.1 Å². The number of hydrogen-bond donors (Lipinski definition) is 0. The van der Waals surface area contributed by atoms with Crippen molar-refractivity contribution in [2.75, 3.05) is 0 Å². The van der Waals surface area contributed by atoms with E-state index >= 15 is 0 Å². The average molecular weight is 207 g/mol. The van der Waals surface area contributed by atoms with Gasteiger partial charge in [-0.2, -0.15) is 0 Å². The fourth-order valence-corrected chi connectivity index (χ4v) is 0. The number of hydrogen-bond acceptors (Lipinski definition) is 0. The quantitative estimate of drug-likeness (QED) is 0.361. The Kier molecular flexibility index (Phi) is 303. The van der Waals surface area contributed by atoms with Crippen LogP contribution in [0, 0.1) is 0 Å². The molecule has 5 heavy (non-hydrogen) atoms. The van der Waals surface area contributed by atoms with Crippen LogP contribution >= 0.6 is 0 Å². The van der Waals surface area contributed by atoms with Crippen molar-refractivity contribution in [3.8, 4) is 0 Å². The summed E-state index contributed by atoms with van der Waals surface area (Å²) in [5, 5.41) is 0. The van der Waals surface area contributed by atoms with Crippen LogP contribution < -0.4 is 0 Å². The van der Waals surface area contributed by atoms with Crippen LogP contribution in [0.5, 0.6) is 0 Å². The van der Waals surface area contributed by atoms with Crippen molar-refractivity contribution in [3.63, 3.8) is 0 Å². The third-order valence-electron chi connectivity index (χ3n) is 0. The van der Waals surface area contributed by atoms with Crippen molar-refractivity contribution in [2.45, 2.75) is 0 Å². The van der Waals surface area contributed by atoms with E-state index in [2.05, 4.69) is 0 Å². The summed E-state index contributed by atoms with van der Waals surface area (Å²) in [6.07, 6.45) is 0. The van der Waals surface area contributed by atoms with Gasteiger partial charge in [-0.3, -0.25) is 0 Å².